The molecular formula is C22H25ClFNO2. The van der Waals surface area contributed by atoms with Crippen LogP contribution in [-0.4, -0.2) is 25.0 Å². The van der Waals surface area contributed by atoms with Crippen molar-refractivity contribution in [3.63, 3.8) is 0 Å². The molecule has 1 heterocycles. The molecule has 144 valence electrons. The van der Waals surface area contributed by atoms with Gasteiger partial charge in [-0.2, -0.15) is 0 Å². The monoisotopic (exact) mass is 389 g/mol. The number of halogens is 2. The molecule has 2 aromatic rings. The molecule has 0 amide bonds. The molecular weight excluding hydrogens is 365 g/mol. The molecule has 0 bridgehead atoms. The van der Waals surface area contributed by atoms with Gasteiger partial charge in [0.2, 0.25) is 0 Å². The third-order valence-corrected chi connectivity index (χ3v) is 5.37. The normalized spacial score (nSPS) is 17.8. The van der Waals surface area contributed by atoms with E-state index in [9.17, 15) is 9.18 Å². The molecule has 2 atom stereocenters. The fraction of sp³-hybridized carbons (Fsp3) is 0.409. The molecule has 3 nitrogen and oxygen atoms in total. The SMILES string of the molecule is CCCC(=O)C(C)c1ccc(O[C@@H]2CCN(c3ccc(F)c(Cl)c3)C2)cc1. The average molecular weight is 390 g/mol. The highest BCUT2D eigenvalue weighted by Gasteiger charge is 2.25. The van der Waals surface area contributed by atoms with Gasteiger partial charge in [-0.05, 0) is 42.3 Å². The summed E-state index contributed by atoms with van der Waals surface area (Å²) in [6.07, 6.45) is 2.45. The summed E-state index contributed by atoms with van der Waals surface area (Å²) in [7, 11) is 0. The summed E-state index contributed by atoms with van der Waals surface area (Å²) < 4.78 is 19.4. The number of nitrogens with zero attached hydrogens (tertiary/aromatic N) is 1. The van der Waals surface area contributed by atoms with E-state index in [1.54, 1.807) is 12.1 Å². The van der Waals surface area contributed by atoms with Crippen LogP contribution in [0.2, 0.25) is 5.02 Å². The number of carbonyl (C=O) groups excluding carboxylic acids is 1. The first-order valence-electron chi connectivity index (χ1n) is 9.47. The Morgan fingerprint density at radius 1 is 1.30 bits per heavy atom. The number of ketones is 1. The van der Waals surface area contributed by atoms with E-state index in [0.717, 1.165) is 42.9 Å². The van der Waals surface area contributed by atoms with Gasteiger partial charge in [-0.15, -0.1) is 0 Å². The Bertz CT molecular complexity index is 793. The lowest BCUT2D eigenvalue weighted by Gasteiger charge is -2.19. The van der Waals surface area contributed by atoms with Crippen LogP contribution in [0, 0.1) is 5.82 Å². The Hall–Kier alpha value is -2.07. The quantitative estimate of drug-likeness (QED) is 0.616. The van der Waals surface area contributed by atoms with E-state index >= 15 is 0 Å². The lowest BCUT2D eigenvalue weighted by atomic mass is 9.94. The summed E-state index contributed by atoms with van der Waals surface area (Å²) in [4.78, 5) is 14.2. The van der Waals surface area contributed by atoms with Crippen LogP contribution in [-0.2, 0) is 4.79 Å². The summed E-state index contributed by atoms with van der Waals surface area (Å²) in [5.41, 5.74) is 1.93. The fourth-order valence-corrected chi connectivity index (χ4v) is 3.59. The highest BCUT2D eigenvalue weighted by Crippen LogP contribution is 2.28. The van der Waals surface area contributed by atoms with E-state index in [0.29, 0.717) is 6.42 Å². The second-order valence-corrected chi connectivity index (χ2v) is 7.49. The zero-order valence-corrected chi connectivity index (χ0v) is 16.5. The molecule has 1 aliphatic rings. The lowest BCUT2D eigenvalue weighted by molar-refractivity contribution is -0.120. The maximum atomic E-state index is 13.3. The predicted octanol–water partition coefficient (Wildman–Crippen LogP) is 5.61. The zero-order chi connectivity index (χ0) is 19.4. The van der Waals surface area contributed by atoms with Gasteiger partial charge in [-0.3, -0.25) is 4.79 Å². The van der Waals surface area contributed by atoms with E-state index in [-0.39, 0.29) is 22.8 Å². The minimum Gasteiger partial charge on any atom is -0.489 e. The van der Waals surface area contributed by atoms with E-state index in [1.165, 1.54) is 6.07 Å². The Kier molecular flexibility index (Phi) is 6.38. The molecule has 0 radical (unpaired) electrons. The van der Waals surface area contributed by atoms with Crippen molar-refractivity contribution in [2.24, 2.45) is 0 Å². The smallest absolute Gasteiger partial charge is 0.141 e. The first-order valence-corrected chi connectivity index (χ1v) is 9.85. The topological polar surface area (TPSA) is 29.5 Å². The van der Waals surface area contributed by atoms with Crippen molar-refractivity contribution in [1.82, 2.24) is 0 Å². The van der Waals surface area contributed by atoms with Crippen LogP contribution < -0.4 is 9.64 Å². The molecule has 0 aromatic heterocycles. The largest absolute Gasteiger partial charge is 0.489 e. The van der Waals surface area contributed by atoms with Crippen molar-refractivity contribution in [2.75, 3.05) is 18.0 Å². The summed E-state index contributed by atoms with van der Waals surface area (Å²) in [5, 5.41) is 0.138. The molecule has 0 aliphatic carbocycles. The van der Waals surface area contributed by atoms with Crippen molar-refractivity contribution in [3.8, 4) is 5.75 Å². The minimum absolute atomic E-state index is 0.0684. The van der Waals surface area contributed by atoms with Crippen LogP contribution in [0.4, 0.5) is 10.1 Å². The van der Waals surface area contributed by atoms with Gasteiger partial charge >= 0.3 is 0 Å². The number of ether oxygens (including phenoxy) is 1. The molecule has 2 aromatic carbocycles. The third kappa shape index (κ3) is 4.81. The van der Waals surface area contributed by atoms with E-state index in [2.05, 4.69) is 4.90 Å². The van der Waals surface area contributed by atoms with Crippen LogP contribution in [0.3, 0.4) is 0 Å². The standard InChI is InChI=1S/C22H25ClFNO2/c1-3-4-22(26)15(2)16-5-8-18(9-6-16)27-19-11-12-25(14-19)17-7-10-21(24)20(23)13-17/h5-10,13,15,19H,3-4,11-12,14H2,1-2H3/t15?,19-/m1/s1. The van der Waals surface area contributed by atoms with Gasteiger partial charge in [0.15, 0.2) is 0 Å². The van der Waals surface area contributed by atoms with Gasteiger partial charge < -0.3 is 9.64 Å². The number of carbonyl (C=O) groups is 1. The number of benzene rings is 2. The Morgan fingerprint density at radius 3 is 2.70 bits per heavy atom. The molecule has 1 unspecified atom stereocenters. The molecule has 1 fully saturated rings. The van der Waals surface area contributed by atoms with Gasteiger partial charge in [-0.1, -0.05) is 37.6 Å². The summed E-state index contributed by atoms with van der Waals surface area (Å²) in [6, 6.07) is 12.6. The van der Waals surface area contributed by atoms with Gasteiger partial charge in [0, 0.05) is 31.0 Å². The molecule has 0 saturated carbocycles. The summed E-state index contributed by atoms with van der Waals surface area (Å²) >= 11 is 5.88. The Balaban J connectivity index is 1.58. The zero-order valence-electron chi connectivity index (χ0n) is 15.8. The van der Waals surface area contributed by atoms with Gasteiger partial charge in [0.1, 0.15) is 23.5 Å². The highest BCUT2D eigenvalue weighted by molar-refractivity contribution is 6.31. The Labute approximate surface area is 165 Å². The van der Waals surface area contributed by atoms with Crippen molar-refractivity contribution in [2.45, 2.75) is 45.1 Å². The molecule has 3 rings (SSSR count). The molecule has 0 spiro atoms. The van der Waals surface area contributed by atoms with Crippen LogP contribution in [0.5, 0.6) is 5.75 Å². The maximum absolute atomic E-state index is 13.3. The molecule has 1 saturated heterocycles. The lowest BCUT2D eigenvalue weighted by Crippen LogP contribution is -2.24. The highest BCUT2D eigenvalue weighted by atomic mass is 35.5. The van der Waals surface area contributed by atoms with Crippen LogP contribution in [0.25, 0.3) is 0 Å². The fourth-order valence-electron chi connectivity index (χ4n) is 3.42. The summed E-state index contributed by atoms with van der Waals surface area (Å²) in [6.45, 7) is 5.55. The molecule has 0 N–H and O–H groups in total. The van der Waals surface area contributed by atoms with E-state index in [1.807, 2.05) is 38.1 Å². The molecule has 1 aliphatic heterocycles. The number of hydrogen-bond donors (Lipinski definition) is 0. The first kappa shape index (κ1) is 19.7. The van der Waals surface area contributed by atoms with E-state index < -0.39 is 5.82 Å². The van der Waals surface area contributed by atoms with Crippen LogP contribution in [0.1, 0.15) is 44.6 Å². The van der Waals surface area contributed by atoms with Crippen molar-refractivity contribution in [3.05, 3.63) is 58.9 Å². The third-order valence-electron chi connectivity index (χ3n) is 5.08. The second kappa shape index (κ2) is 8.75. The maximum Gasteiger partial charge on any atom is 0.141 e. The van der Waals surface area contributed by atoms with Gasteiger partial charge in [0.25, 0.3) is 0 Å². The number of rotatable bonds is 7. The summed E-state index contributed by atoms with van der Waals surface area (Å²) in [5.74, 6) is 0.594. The van der Waals surface area contributed by atoms with Gasteiger partial charge in [-0.25, -0.2) is 4.39 Å². The van der Waals surface area contributed by atoms with Crippen molar-refractivity contribution in [1.29, 1.82) is 0 Å². The average Bonchev–Trinajstić information content (AvgIpc) is 3.12. The predicted molar refractivity (Wildman–Crippen MR) is 107 cm³/mol. The Morgan fingerprint density at radius 2 is 2.04 bits per heavy atom. The minimum atomic E-state index is -0.404. The van der Waals surface area contributed by atoms with Crippen LogP contribution >= 0.6 is 11.6 Å². The van der Waals surface area contributed by atoms with E-state index in [4.69, 9.17) is 16.3 Å². The first-order chi connectivity index (χ1) is 13.0. The molecule has 5 heteroatoms. The number of Topliss-reactive ketones (excluding diaryl/α,β-unsaturated/α-hetero) is 1. The molecule has 27 heavy (non-hydrogen) atoms. The number of hydrogen-bond acceptors (Lipinski definition) is 3. The van der Waals surface area contributed by atoms with Gasteiger partial charge in [0.05, 0.1) is 11.6 Å². The van der Waals surface area contributed by atoms with Crippen molar-refractivity contribution < 1.29 is 13.9 Å². The second-order valence-electron chi connectivity index (χ2n) is 7.08. The van der Waals surface area contributed by atoms with Crippen LogP contribution in [0.15, 0.2) is 42.5 Å². The van der Waals surface area contributed by atoms with Crippen molar-refractivity contribution >= 4 is 23.1 Å². The number of anilines is 1.